The molecule has 1 aromatic heterocycles. The molecule has 3 nitrogen and oxygen atoms in total. The Kier molecular flexibility index (Phi) is 5.58. The quantitative estimate of drug-likeness (QED) is 0.872. The first-order valence-electron chi connectivity index (χ1n) is 8.09. The summed E-state index contributed by atoms with van der Waals surface area (Å²) in [6, 6.07) is 0. The number of likely N-dealkylation sites (tertiary alicyclic amines) is 1. The minimum absolute atomic E-state index is 0.127. The number of thiazole rings is 1. The molecule has 2 heterocycles. The summed E-state index contributed by atoms with van der Waals surface area (Å²) >= 11 is 1.91. The maximum absolute atomic E-state index is 4.95. The fourth-order valence-corrected chi connectivity index (χ4v) is 4.47. The first kappa shape index (κ1) is 15.9. The van der Waals surface area contributed by atoms with Crippen molar-refractivity contribution < 1.29 is 0 Å². The topological polar surface area (TPSA) is 28.2 Å². The van der Waals surface area contributed by atoms with Gasteiger partial charge in [0.1, 0.15) is 5.01 Å². The lowest BCUT2D eigenvalue weighted by Crippen LogP contribution is -2.51. The summed E-state index contributed by atoms with van der Waals surface area (Å²) < 4.78 is 0. The Morgan fingerprint density at radius 3 is 2.45 bits per heavy atom. The third-order valence-electron chi connectivity index (χ3n) is 4.40. The molecule has 1 saturated heterocycles. The van der Waals surface area contributed by atoms with Gasteiger partial charge in [0.15, 0.2) is 0 Å². The van der Waals surface area contributed by atoms with Crippen molar-refractivity contribution in [3.8, 4) is 0 Å². The molecule has 0 bridgehead atoms. The van der Waals surface area contributed by atoms with E-state index in [1.165, 1.54) is 54.5 Å². The van der Waals surface area contributed by atoms with Gasteiger partial charge in [-0.3, -0.25) is 0 Å². The largest absolute Gasteiger partial charge is 0.306 e. The Labute approximate surface area is 127 Å². The smallest absolute Gasteiger partial charge is 0.113 e. The fourth-order valence-electron chi connectivity index (χ4n) is 3.24. The van der Waals surface area contributed by atoms with E-state index in [0.29, 0.717) is 0 Å². The van der Waals surface area contributed by atoms with E-state index in [9.17, 15) is 0 Å². The van der Waals surface area contributed by atoms with Gasteiger partial charge in [-0.2, -0.15) is 0 Å². The summed E-state index contributed by atoms with van der Waals surface area (Å²) in [5.74, 6) is 0. The molecule has 0 atom stereocenters. The average Bonchev–Trinajstić information content (AvgIpc) is 2.83. The normalized spacial score (nSPS) is 19.4. The number of rotatable bonds is 6. The van der Waals surface area contributed by atoms with E-state index >= 15 is 0 Å². The highest BCUT2D eigenvalue weighted by Gasteiger charge is 2.38. The fraction of sp³-hybridized carbons (Fsp3) is 0.812. The van der Waals surface area contributed by atoms with Crippen LogP contribution in [0, 0.1) is 6.92 Å². The van der Waals surface area contributed by atoms with Crippen LogP contribution in [-0.2, 0) is 12.0 Å². The van der Waals surface area contributed by atoms with Crippen LogP contribution in [0.15, 0.2) is 0 Å². The first-order valence-corrected chi connectivity index (χ1v) is 8.91. The molecule has 1 fully saturated rings. The number of nitrogens with one attached hydrogen (secondary N) is 1. The van der Waals surface area contributed by atoms with Crippen molar-refractivity contribution >= 4 is 11.3 Å². The standard InChI is InChI=1S/C16H29N3S/c1-5-10-19-11-8-16(9-12-19,17-7-3)15-18-14(6-2)13(4)20-15/h17H,5-12H2,1-4H3. The SMILES string of the molecule is CCCN1CCC(NCC)(c2nc(CC)c(C)s2)CC1. The molecule has 0 unspecified atom stereocenters. The van der Waals surface area contributed by atoms with E-state index in [1.54, 1.807) is 0 Å². The molecular weight excluding hydrogens is 266 g/mol. The molecule has 0 aromatic carbocycles. The highest BCUT2D eigenvalue weighted by molar-refractivity contribution is 7.11. The third-order valence-corrected chi connectivity index (χ3v) is 5.62. The highest BCUT2D eigenvalue weighted by atomic mass is 32.1. The van der Waals surface area contributed by atoms with E-state index in [1.807, 2.05) is 11.3 Å². The molecule has 4 heteroatoms. The van der Waals surface area contributed by atoms with Crippen LogP contribution in [0.5, 0.6) is 0 Å². The molecule has 1 aromatic rings. The molecule has 0 saturated carbocycles. The highest BCUT2D eigenvalue weighted by Crippen LogP contribution is 2.36. The van der Waals surface area contributed by atoms with Crippen molar-refractivity contribution in [2.24, 2.45) is 0 Å². The van der Waals surface area contributed by atoms with Gasteiger partial charge in [0.05, 0.1) is 11.2 Å². The second-order valence-electron chi connectivity index (χ2n) is 5.83. The van der Waals surface area contributed by atoms with Crippen LogP contribution in [-0.4, -0.2) is 36.1 Å². The lowest BCUT2D eigenvalue weighted by Gasteiger charge is -2.41. The lowest BCUT2D eigenvalue weighted by molar-refractivity contribution is 0.135. The van der Waals surface area contributed by atoms with Gasteiger partial charge in [0.25, 0.3) is 0 Å². The number of aryl methyl sites for hydroxylation is 2. The zero-order valence-corrected chi connectivity index (χ0v) is 14.3. The van der Waals surface area contributed by atoms with Crippen LogP contribution >= 0.6 is 11.3 Å². The Bertz CT molecular complexity index is 419. The summed E-state index contributed by atoms with van der Waals surface area (Å²) in [6.45, 7) is 13.5. The summed E-state index contributed by atoms with van der Waals surface area (Å²) in [7, 11) is 0. The van der Waals surface area contributed by atoms with Gasteiger partial charge >= 0.3 is 0 Å². The Balaban J connectivity index is 2.17. The lowest BCUT2D eigenvalue weighted by atomic mass is 9.87. The molecule has 114 valence electrons. The van der Waals surface area contributed by atoms with Crippen LogP contribution < -0.4 is 5.32 Å². The zero-order valence-electron chi connectivity index (χ0n) is 13.5. The van der Waals surface area contributed by atoms with Crippen molar-refractivity contribution in [2.75, 3.05) is 26.2 Å². The predicted octanol–water partition coefficient (Wildman–Crippen LogP) is 3.32. The van der Waals surface area contributed by atoms with Gasteiger partial charge in [-0.05, 0) is 45.7 Å². The number of nitrogens with zero attached hydrogens (tertiary/aromatic N) is 2. The van der Waals surface area contributed by atoms with Crippen LogP contribution in [0.3, 0.4) is 0 Å². The van der Waals surface area contributed by atoms with Gasteiger partial charge in [-0.15, -0.1) is 11.3 Å². The summed E-state index contributed by atoms with van der Waals surface area (Å²) in [5, 5.41) is 5.09. The van der Waals surface area contributed by atoms with Gasteiger partial charge in [0.2, 0.25) is 0 Å². The van der Waals surface area contributed by atoms with Gasteiger partial charge in [0, 0.05) is 18.0 Å². The van der Waals surface area contributed by atoms with Gasteiger partial charge in [-0.1, -0.05) is 20.8 Å². The van der Waals surface area contributed by atoms with Crippen molar-refractivity contribution in [1.29, 1.82) is 0 Å². The average molecular weight is 295 g/mol. The predicted molar refractivity (Wildman–Crippen MR) is 87.5 cm³/mol. The van der Waals surface area contributed by atoms with Crippen LogP contribution in [0.4, 0.5) is 0 Å². The minimum Gasteiger partial charge on any atom is -0.306 e. The molecule has 0 aliphatic carbocycles. The molecule has 1 aliphatic rings. The maximum Gasteiger partial charge on any atom is 0.113 e. The third kappa shape index (κ3) is 3.23. The minimum atomic E-state index is 0.127. The van der Waals surface area contributed by atoms with Gasteiger partial charge < -0.3 is 10.2 Å². The van der Waals surface area contributed by atoms with Gasteiger partial charge in [-0.25, -0.2) is 4.98 Å². The summed E-state index contributed by atoms with van der Waals surface area (Å²) in [6.07, 6.45) is 4.69. The number of hydrogen-bond acceptors (Lipinski definition) is 4. The van der Waals surface area contributed by atoms with Crippen LogP contribution in [0.25, 0.3) is 0 Å². The molecule has 20 heavy (non-hydrogen) atoms. The molecule has 1 aliphatic heterocycles. The zero-order chi connectivity index (χ0) is 14.6. The molecule has 2 rings (SSSR count). The van der Waals surface area contributed by atoms with E-state index in [0.717, 1.165) is 13.0 Å². The monoisotopic (exact) mass is 295 g/mol. The Morgan fingerprint density at radius 2 is 1.95 bits per heavy atom. The number of aromatic nitrogens is 1. The second-order valence-corrected chi connectivity index (χ2v) is 7.03. The summed E-state index contributed by atoms with van der Waals surface area (Å²) in [4.78, 5) is 8.94. The molecule has 1 N–H and O–H groups in total. The number of piperidine rings is 1. The van der Waals surface area contributed by atoms with E-state index in [4.69, 9.17) is 4.98 Å². The van der Waals surface area contributed by atoms with Crippen molar-refractivity contribution in [2.45, 2.75) is 58.9 Å². The first-order chi connectivity index (χ1) is 9.65. The molecule has 0 amide bonds. The van der Waals surface area contributed by atoms with E-state index in [-0.39, 0.29) is 5.54 Å². The van der Waals surface area contributed by atoms with E-state index < -0.39 is 0 Å². The van der Waals surface area contributed by atoms with Crippen LogP contribution in [0.2, 0.25) is 0 Å². The van der Waals surface area contributed by atoms with Crippen molar-refractivity contribution in [3.05, 3.63) is 15.6 Å². The number of hydrogen-bond donors (Lipinski definition) is 1. The second kappa shape index (κ2) is 7.01. The Hall–Kier alpha value is -0.450. The van der Waals surface area contributed by atoms with Crippen LogP contribution in [0.1, 0.15) is 55.6 Å². The molecule has 0 spiro atoms. The van der Waals surface area contributed by atoms with Crippen molar-refractivity contribution in [3.63, 3.8) is 0 Å². The van der Waals surface area contributed by atoms with Crippen molar-refractivity contribution in [1.82, 2.24) is 15.2 Å². The Morgan fingerprint density at radius 1 is 1.25 bits per heavy atom. The maximum atomic E-state index is 4.95. The summed E-state index contributed by atoms with van der Waals surface area (Å²) in [5.41, 5.74) is 1.42. The van der Waals surface area contributed by atoms with E-state index in [2.05, 4.69) is 37.9 Å². The molecule has 0 radical (unpaired) electrons. The molecular formula is C16H29N3S.